The fourth-order valence-electron chi connectivity index (χ4n) is 3.82. The first-order chi connectivity index (χ1) is 16.5. The second-order valence-electron chi connectivity index (χ2n) is 8.24. The van der Waals surface area contributed by atoms with Crippen molar-refractivity contribution < 1.29 is 14.3 Å². The molecule has 0 radical (unpaired) electrons. The summed E-state index contributed by atoms with van der Waals surface area (Å²) in [5, 5.41) is 12.1. The molecule has 0 atom stereocenters. The summed E-state index contributed by atoms with van der Waals surface area (Å²) >= 11 is 1.28. The van der Waals surface area contributed by atoms with Crippen LogP contribution in [0.3, 0.4) is 0 Å². The number of ether oxygens (including phenoxy) is 1. The zero-order valence-corrected chi connectivity index (χ0v) is 20.3. The summed E-state index contributed by atoms with van der Waals surface area (Å²) in [6.45, 7) is 5.05. The van der Waals surface area contributed by atoms with Crippen LogP contribution in [-0.2, 0) is 11.2 Å². The second-order valence-corrected chi connectivity index (χ2v) is 9.30. The molecular formula is C25H29N5O3S. The summed E-state index contributed by atoms with van der Waals surface area (Å²) in [5.41, 5.74) is 3.00. The van der Waals surface area contributed by atoms with Gasteiger partial charge in [0.25, 0.3) is 5.91 Å². The van der Waals surface area contributed by atoms with E-state index in [1.165, 1.54) is 11.3 Å². The topological polar surface area (TPSA) is 87.7 Å². The lowest BCUT2D eigenvalue weighted by Gasteiger charge is -2.36. The van der Waals surface area contributed by atoms with E-state index in [0.717, 1.165) is 40.8 Å². The zero-order chi connectivity index (χ0) is 23.9. The fraction of sp³-hybridized carbons (Fsp3) is 0.360. The van der Waals surface area contributed by atoms with Crippen LogP contribution in [0.2, 0.25) is 0 Å². The van der Waals surface area contributed by atoms with Crippen molar-refractivity contribution in [3.8, 4) is 5.75 Å². The van der Waals surface area contributed by atoms with E-state index in [1.807, 2.05) is 60.4 Å². The fourth-order valence-corrected chi connectivity index (χ4v) is 4.60. The molecule has 2 amide bonds. The van der Waals surface area contributed by atoms with Crippen molar-refractivity contribution in [1.82, 2.24) is 15.1 Å². The molecule has 0 unspecified atom stereocenters. The molecule has 3 aromatic rings. The lowest BCUT2D eigenvalue weighted by Crippen LogP contribution is -2.48. The number of anilines is 2. The van der Waals surface area contributed by atoms with Crippen molar-refractivity contribution in [3.63, 3.8) is 0 Å². The van der Waals surface area contributed by atoms with Gasteiger partial charge in [-0.15, -0.1) is 10.2 Å². The molecule has 178 valence electrons. The van der Waals surface area contributed by atoms with Crippen molar-refractivity contribution in [2.75, 3.05) is 43.5 Å². The number of carbonyl (C=O) groups excluding carboxylic acids is 2. The normalized spacial score (nSPS) is 13.6. The number of hydrogen-bond acceptors (Lipinski definition) is 7. The molecule has 1 aliphatic heterocycles. The Morgan fingerprint density at radius 3 is 2.38 bits per heavy atom. The number of carbonyl (C=O) groups is 2. The van der Waals surface area contributed by atoms with Crippen LogP contribution >= 0.6 is 11.3 Å². The standard InChI is InChI=1S/C25H29N5O3S/c1-18-6-8-19(9-7-18)26-24(32)25-28-27-22(34-25)4-3-5-23(31)30-16-14-29(15-17-30)20-10-12-21(33-2)13-11-20/h6-13H,3-5,14-17H2,1-2H3,(H,26,32). The van der Waals surface area contributed by atoms with Gasteiger partial charge in [-0.05, 0) is 49.7 Å². The summed E-state index contributed by atoms with van der Waals surface area (Å²) in [4.78, 5) is 29.3. The number of nitrogens with zero attached hydrogens (tertiary/aromatic N) is 4. The van der Waals surface area contributed by atoms with E-state index in [-0.39, 0.29) is 11.8 Å². The largest absolute Gasteiger partial charge is 0.497 e. The molecule has 0 saturated carbocycles. The molecule has 0 spiro atoms. The van der Waals surface area contributed by atoms with Crippen LogP contribution < -0.4 is 15.0 Å². The van der Waals surface area contributed by atoms with E-state index in [1.54, 1.807) is 7.11 Å². The van der Waals surface area contributed by atoms with Gasteiger partial charge in [0.1, 0.15) is 10.8 Å². The number of benzene rings is 2. The van der Waals surface area contributed by atoms with Gasteiger partial charge in [-0.1, -0.05) is 29.0 Å². The van der Waals surface area contributed by atoms with Crippen molar-refractivity contribution in [2.45, 2.75) is 26.2 Å². The predicted octanol–water partition coefficient (Wildman–Crippen LogP) is 3.78. The van der Waals surface area contributed by atoms with Gasteiger partial charge in [0.2, 0.25) is 10.9 Å². The third-order valence-electron chi connectivity index (χ3n) is 5.82. The highest BCUT2D eigenvalue weighted by Crippen LogP contribution is 2.21. The second kappa shape index (κ2) is 11.1. The maximum absolute atomic E-state index is 12.6. The van der Waals surface area contributed by atoms with Crippen molar-refractivity contribution >= 4 is 34.5 Å². The maximum Gasteiger partial charge on any atom is 0.286 e. The summed E-state index contributed by atoms with van der Waals surface area (Å²) in [7, 11) is 1.66. The molecule has 8 nitrogen and oxygen atoms in total. The molecule has 1 saturated heterocycles. The van der Waals surface area contributed by atoms with Gasteiger partial charge in [-0.3, -0.25) is 9.59 Å². The predicted molar refractivity (Wildman–Crippen MR) is 134 cm³/mol. The van der Waals surface area contributed by atoms with Gasteiger partial charge in [-0.25, -0.2) is 0 Å². The quantitative estimate of drug-likeness (QED) is 0.529. The van der Waals surface area contributed by atoms with Gasteiger partial charge in [-0.2, -0.15) is 0 Å². The highest BCUT2D eigenvalue weighted by molar-refractivity contribution is 7.13. The molecule has 34 heavy (non-hydrogen) atoms. The number of hydrogen-bond donors (Lipinski definition) is 1. The van der Waals surface area contributed by atoms with Crippen LogP contribution in [0.25, 0.3) is 0 Å². The van der Waals surface area contributed by atoms with Gasteiger partial charge < -0.3 is 19.9 Å². The molecule has 0 aliphatic carbocycles. The first kappa shape index (κ1) is 23.7. The van der Waals surface area contributed by atoms with Crippen LogP contribution in [0.1, 0.15) is 33.2 Å². The van der Waals surface area contributed by atoms with Gasteiger partial charge in [0, 0.05) is 50.4 Å². The summed E-state index contributed by atoms with van der Waals surface area (Å²) in [6.07, 6.45) is 1.78. The monoisotopic (exact) mass is 479 g/mol. The van der Waals surface area contributed by atoms with Gasteiger partial charge in [0.15, 0.2) is 0 Å². The number of aryl methyl sites for hydroxylation is 2. The Morgan fingerprint density at radius 2 is 1.71 bits per heavy atom. The Bertz CT molecular complexity index is 1110. The molecule has 1 aliphatic rings. The van der Waals surface area contributed by atoms with Crippen LogP contribution in [-0.4, -0.2) is 60.2 Å². The van der Waals surface area contributed by atoms with E-state index in [9.17, 15) is 9.59 Å². The molecule has 2 heterocycles. The van der Waals surface area contributed by atoms with Crippen LogP contribution in [0.15, 0.2) is 48.5 Å². The minimum Gasteiger partial charge on any atom is -0.497 e. The average Bonchev–Trinajstić information content (AvgIpc) is 3.35. The van der Waals surface area contributed by atoms with Crippen LogP contribution in [0.5, 0.6) is 5.75 Å². The lowest BCUT2D eigenvalue weighted by atomic mass is 10.2. The Labute approximate surface area is 203 Å². The Hall–Kier alpha value is -3.46. The maximum atomic E-state index is 12.6. The number of amides is 2. The molecule has 2 aromatic carbocycles. The molecule has 4 rings (SSSR count). The highest BCUT2D eigenvalue weighted by Gasteiger charge is 2.21. The van der Waals surface area contributed by atoms with E-state index in [2.05, 4.69) is 20.4 Å². The first-order valence-corrected chi connectivity index (χ1v) is 12.2. The lowest BCUT2D eigenvalue weighted by molar-refractivity contribution is -0.131. The Balaban J connectivity index is 1.19. The van der Waals surface area contributed by atoms with Crippen LogP contribution in [0.4, 0.5) is 11.4 Å². The first-order valence-electron chi connectivity index (χ1n) is 11.4. The number of rotatable bonds is 8. The zero-order valence-electron chi connectivity index (χ0n) is 19.5. The minimum atomic E-state index is -0.265. The SMILES string of the molecule is COc1ccc(N2CCN(C(=O)CCCc3nnc(C(=O)Nc4ccc(C)cc4)s3)CC2)cc1. The van der Waals surface area contributed by atoms with Crippen molar-refractivity contribution in [2.24, 2.45) is 0 Å². The van der Waals surface area contributed by atoms with Gasteiger partial charge in [0.05, 0.1) is 7.11 Å². The third kappa shape index (κ3) is 6.11. The average molecular weight is 480 g/mol. The van der Waals surface area contributed by atoms with Gasteiger partial charge >= 0.3 is 0 Å². The molecule has 1 N–H and O–H groups in total. The molecule has 1 aromatic heterocycles. The summed E-state index contributed by atoms with van der Waals surface area (Å²) in [6, 6.07) is 15.6. The number of aromatic nitrogens is 2. The van der Waals surface area contributed by atoms with E-state index in [0.29, 0.717) is 37.4 Å². The Morgan fingerprint density at radius 1 is 1.00 bits per heavy atom. The molecule has 1 fully saturated rings. The minimum absolute atomic E-state index is 0.163. The Kier molecular flexibility index (Phi) is 7.74. The summed E-state index contributed by atoms with van der Waals surface area (Å²) < 4.78 is 5.22. The van der Waals surface area contributed by atoms with E-state index >= 15 is 0 Å². The molecule has 9 heteroatoms. The number of methoxy groups -OCH3 is 1. The van der Waals surface area contributed by atoms with E-state index in [4.69, 9.17) is 4.74 Å². The van der Waals surface area contributed by atoms with Crippen LogP contribution in [0, 0.1) is 6.92 Å². The molecular weight excluding hydrogens is 450 g/mol. The van der Waals surface area contributed by atoms with Crippen molar-refractivity contribution in [1.29, 1.82) is 0 Å². The smallest absolute Gasteiger partial charge is 0.286 e. The van der Waals surface area contributed by atoms with E-state index < -0.39 is 0 Å². The third-order valence-corrected chi connectivity index (χ3v) is 6.80. The number of nitrogens with one attached hydrogen (secondary N) is 1. The summed E-state index contributed by atoms with van der Waals surface area (Å²) in [5.74, 6) is 0.738. The van der Waals surface area contributed by atoms with Crippen molar-refractivity contribution in [3.05, 3.63) is 64.1 Å². The highest BCUT2D eigenvalue weighted by atomic mass is 32.1. The number of piperazine rings is 1. The molecule has 0 bridgehead atoms.